The van der Waals surface area contributed by atoms with E-state index in [0.717, 1.165) is 44.6 Å². The Hall–Kier alpha value is -5.93. The van der Waals surface area contributed by atoms with Gasteiger partial charge in [0.05, 0.1) is 11.4 Å². The maximum atomic E-state index is 5.14. The molecule has 2 aromatic heterocycles. The molecule has 0 aliphatic heterocycles. The van der Waals surface area contributed by atoms with Crippen molar-refractivity contribution in [1.82, 2.24) is 15.0 Å². The second kappa shape index (κ2) is 11.0. The van der Waals surface area contributed by atoms with Crippen molar-refractivity contribution in [2.24, 2.45) is 0 Å². The Kier molecular flexibility index (Phi) is 6.47. The van der Waals surface area contributed by atoms with Gasteiger partial charge in [-0.05, 0) is 62.5 Å². The third-order valence-electron chi connectivity index (χ3n) is 8.17. The highest BCUT2D eigenvalue weighted by Gasteiger charge is 2.14. The van der Waals surface area contributed by atoms with Crippen molar-refractivity contribution in [3.63, 3.8) is 0 Å². The highest BCUT2D eigenvalue weighted by molar-refractivity contribution is 6.04. The smallest absolute Gasteiger partial charge is 0.160 e. The van der Waals surface area contributed by atoms with Gasteiger partial charge >= 0.3 is 0 Å². The van der Waals surface area contributed by atoms with Gasteiger partial charge in [-0.2, -0.15) is 0 Å². The molecule has 0 N–H and O–H groups in total. The van der Waals surface area contributed by atoms with Gasteiger partial charge in [-0.3, -0.25) is 4.98 Å². The van der Waals surface area contributed by atoms with Crippen LogP contribution >= 0.6 is 0 Å². The standard InChI is InChI=1S/C41H27N3/c1-3-10-28(11-4-1)35-15-7-17-37-36(35)16-8-18-38(37)40-26-39(43-41(44-40)29-12-5-2-6-13-29)33-22-21-30-24-32(20-19-31(30)25-33)34-14-9-23-42-27-34/h1-27H. The molecule has 0 aliphatic rings. The predicted octanol–water partition coefficient (Wildman–Crippen LogP) is 10.5. The average molecular weight is 562 g/mol. The summed E-state index contributed by atoms with van der Waals surface area (Å²) in [6, 6.07) is 53.1. The largest absolute Gasteiger partial charge is 0.264 e. The van der Waals surface area contributed by atoms with E-state index in [0.29, 0.717) is 5.82 Å². The van der Waals surface area contributed by atoms with Crippen LogP contribution in [0.4, 0.5) is 0 Å². The quantitative estimate of drug-likeness (QED) is 0.210. The fourth-order valence-corrected chi connectivity index (χ4v) is 5.97. The van der Waals surface area contributed by atoms with Crippen LogP contribution in [0.1, 0.15) is 0 Å². The molecule has 0 radical (unpaired) electrons. The van der Waals surface area contributed by atoms with Crippen molar-refractivity contribution in [2.45, 2.75) is 0 Å². The minimum absolute atomic E-state index is 0.710. The van der Waals surface area contributed by atoms with Crippen LogP contribution in [-0.2, 0) is 0 Å². The number of rotatable bonds is 5. The fraction of sp³-hybridized carbons (Fsp3) is 0. The van der Waals surface area contributed by atoms with Crippen LogP contribution in [0.2, 0.25) is 0 Å². The van der Waals surface area contributed by atoms with E-state index < -0.39 is 0 Å². The lowest BCUT2D eigenvalue weighted by atomic mass is 9.94. The van der Waals surface area contributed by atoms with Crippen molar-refractivity contribution in [1.29, 1.82) is 0 Å². The van der Waals surface area contributed by atoms with Crippen molar-refractivity contribution < 1.29 is 0 Å². The summed E-state index contributed by atoms with van der Waals surface area (Å²) < 4.78 is 0. The zero-order valence-electron chi connectivity index (χ0n) is 23.9. The molecule has 0 saturated heterocycles. The fourth-order valence-electron chi connectivity index (χ4n) is 5.97. The number of pyridine rings is 1. The summed E-state index contributed by atoms with van der Waals surface area (Å²) in [6.07, 6.45) is 3.70. The highest BCUT2D eigenvalue weighted by atomic mass is 14.9. The molecule has 0 fully saturated rings. The lowest BCUT2D eigenvalue weighted by Crippen LogP contribution is -1.96. The van der Waals surface area contributed by atoms with Gasteiger partial charge in [0.15, 0.2) is 5.82 Å². The summed E-state index contributed by atoms with van der Waals surface area (Å²) in [5, 5.41) is 4.70. The Balaban J connectivity index is 1.29. The molecular weight excluding hydrogens is 534 g/mol. The first kappa shape index (κ1) is 25.8. The number of fused-ring (bicyclic) bond motifs is 2. The molecule has 2 heterocycles. The molecular formula is C41H27N3. The van der Waals surface area contributed by atoms with Crippen LogP contribution in [0.25, 0.3) is 77.7 Å². The van der Waals surface area contributed by atoms with E-state index in [1.54, 1.807) is 6.20 Å². The van der Waals surface area contributed by atoms with Gasteiger partial charge in [0.25, 0.3) is 0 Å². The Morgan fingerprint density at radius 2 is 0.977 bits per heavy atom. The maximum Gasteiger partial charge on any atom is 0.160 e. The second-order valence-corrected chi connectivity index (χ2v) is 10.9. The molecule has 3 heteroatoms. The zero-order chi connectivity index (χ0) is 29.3. The van der Waals surface area contributed by atoms with Crippen LogP contribution in [0.15, 0.2) is 164 Å². The van der Waals surface area contributed by atoms with Crippen LogP contribution in [0, 0.1) is 0 Å². The van der Waals surface area contributed by atoms with E-state index in [1.165, 1.54) is 27.3 Å². The highest BCUT2D eigenvalue weighted by Crippen LogP contribution is 2.36. The SMILES string of the molecule is c1ccc(-c2nc(-c3ccc4cc(-c5cccnc5)ccc4c3)cc(-c3cccc4c(-c5ccccc5)cccc34)n2)cc1. The van der Waals surface area contributed by atoms with E-state index in [2.05, 4.69) is 132 Å². The lowest BCUT2D eigenvalue weighted by Gasteiger charge is -2.13. The monoisotopic (exact) mass is 561 g/mol. The van der Waals surface area contributed by atoms with Gasteiger partial charge in [0, 0.05) is 34.6 Å². The van der Waals surface area contributed by atoms with Crippen molar-refractivity contribution in [3.05, 3.63) is 164 Å². The summed E-state index contributed by atoms with van der Waals surface area (Å²) >= 11 is 0. The molecule has 44 heavy (non-hydrogen) atoms. The van der Waals surface area contributed by atoms with Gasteiger partial charge in [0.1, 0.15) is 0 Å². The van der Waals surface area contributed by atoms with Crippen molar-refractivity contribution in [2.75, 3.05) is 0 Å². The van der Waals surface area contributed by atoms with Crippen LogP contribution in [-0.4, -0.2) is 15.0 Å². The summed E-state index contributed by atoms with van der Waals surface area (Å²) in [6.45, 7) is 0. The summed E-state index contributed by atoms with van der Waals surface area (Å²) in [7, 11) is 0. The number of hydrogen-bond donors (Lipinski definition) is 0. The van der Waals surface area contributed by atoms with E-state index >= 15 is 0 Å². The van der Waals surface area contributed by atoms with E-state index in [9.17, 15) is 0 Å². The molecule has 0 bridgehead atoms. The predicted molar refractivity (Wildman–Crippen MR) is 182 cm³/mol. The first-order valence-electron chi connectivity index (χ1n) is 14.8. The Bertz CT molecular complexity index is 2260. The number of aromatic nitrogens is 3. The molecule has 0 spiro atoms. The first-order valence-corrected chi connectivity index (χ1v) is 14.8. The molecule has 8 rings (SSSR count). The van der Waals surface area contributed by atoms with E-state index in [1.807, 2.05) is 30.5 Å². The first-order chi connectivity index (χ1) is 21.8. The number of hydrogen-bond acceptors (Lipinski definition) is 3. The molecule has 6 aromatic carbocycles. The van der Waals surface area contributed by atoms with Gasteiger partial charge in [0.2, 0.25) is 0 Å². The Morgan fingerprint density at radius 3 is 1.70 bits per heavy atom. The summed E-state index contributed by atoms with van der Waals surface area (Å²) in [5.41, 5.74) is 9.59. The minimum Gasteiger partial charge on any atom is -0.264 e. The van der Waals surface area contributed by atoms with Crippen LogP contribution < -0.4 is 0 Å². The molecule has 206 valence electrons. The van der Waals surface area contributed by atoms with Crippen molar-refractivity contribution in [3.8, 4) is 56.2 Å². The minimum atomic E-state index is 0.710. The van der Waals surface area contributed by atoms with E-state index in [-0.39, 0.29) is 0 Å². The molecule has 0 aliphatic carbocycles. The Morgan fingerprint density at radius 1 is 0.364 bits per heavy atom. The molecule has 3 nitrogen and oxygen atoms in total. The van der Waals surface area contributed by atoms with Gasteiger partial charge in [-0.25, -0.2) is 9.97 Å². The molecule has 0 amide bonds. The summed E-state index contributed by atoms with van der Waals surface area (Å²) in [4.78, 5) is 14.5. The molecule has 8 aromatic rings. The van der Waals surface area contributed by atoms with Crippen molar-refractivity contribution >= 4 is 21.5 Å². The summed E-state index contributed by atoms with van der Waals surface area (Å²) in [5.74, 6) is 0.710. The Labute approximate surface area is 256 Å². The number of nitrogens with zero attached hydrogens (tertiary/aromatic N) is 3. The van der Waals surface area contributed by atoms with E-state index in [4.69, 9.17) is 9.97 Å². The maximum absolute atomic E-state index is 5.14. The molecule has 0 saturated carbocycles. The lowest BCUT2D eigenvalue weighted by molar-refractivity contribution is 1.19. The van der Waals surface area contributed by atoms with Crippen LogP contribution in [0.5, 0.6) is 0 Å². The normalized spacial score (nSPS) is 11.2. The van der Waals surface area contributed by atoms with Gasteiger partial charge in [-0.15, -0.1) is 0 Å². The van der Waals surface area contributed by atoms with Crippen LogP contribution in [0.3, 0.4) is 0 Å². The average Bonchev–Trinajstić information content (AvgIpc) is 3.11. The molecule has 0 atom stereocenters. The number of benzene rings is 6. The zero-order valence-corrected chi connectivity index (χ0v) is 23.9. The second-order valence-electron chi connectivity index (χ2n) is 10.9. The topological polar surface area (TPSA) is 38.7 Å². The molecule has 0 unspecified atom stereocenters. The third-order valence-corrected chi connectivity index (χ3v) is 8.17. The van der Waals surface area contributed by atoms with Gasteiger partial charge < -0.3 is 0 Å². The third kappa shape index (κ3) is 4.81. The van der Waals surface area contributed by atoms with Gasteiger partial charge in [-0.1, -0.05) is 127 Å².